The van der Waals surface area contributed by atoms with Crippen molar-refractivity contribution in [2.75, 3.05) is 0 Å². The molecule has 0 saturated heterocycles. The van der Waals surface area contributed by atoms with Gasteiger partial charge < -0.3 is 0 Å². The van der Waals surface area contributed by atoms with Gasteiger partial charge in [0.15, 0.2) is 0 Å². The zero-order chi connectivity index (χ0) is 7.28. The van der Waals surface area contributed by atoms with Crippen LogP contribution in [0.5, 0.6) is 0 Å². The minimum absolute atomic E-state index is 0.163. The van der Waals surface area contributed by atoms with Crippen molar-refractivity contribution in [3.05, 3.63) is 0 Å². The maximum atomic E-state index is 10.4. The molecule has 9 heavy (non-hydrogen) atoms. The summed E-state index contributed by atoms with van der Waals surface area (Å²) in [7, 11) is 0. The molecular weight excluding hydrogens is 140 g/mol. The average Bonchev–Trinajstić information content (AvgIpc) is 1.87. The highest BCUT2D eigenvalue weighted by Gasteiger charge is 2.04. The first-order valence-electron chi connectivity index (χ1n) is 2.34. The molecule has 0 aliphatic carbocycles. The Balaban J connectivity index is 3.34. The summed E-state index contributed by atoms with van der Waals surface area (Å²) >= 11 is 3.87. The molecule has 0 heterocycles. The maximum Gasteiger partial charge on any atom is 0.236 e. The summed E-state index contributed by atoms with van der Waals surface area (Å²) in [5.74, 6) is 9.40. The fourth-order valence-electron chi connectivity index (χ4n) is 0.293. The summed E-state index contributed by atoms with van der Waals surface area (Å²) in [5, 5.41) is -0.339. The van der Waals surface area contributed by atoms with Gasteiger partial charge in [0.2, 0.25) is 5.91 Å². The zero-order valence-electron chi connectivity index (χ0n) is 4.79. The van der Waals surface area contributed by atoms with Crippen LogP contribution >= 0.6 is 12.6 Å². The van der Waals surface area contributed by atoms with E-state index in [2.05, 4.69) is 18.1 Å². The van der Waals surface area contributed by atoms with Crippen molar-refractivity contribution >= 4 is 18.5 Å². The molecule has 0 bridgehead atoms. The maximum absolute atomic E-state index is 10.4. The second-order valence-corrected chi connectivity index (χ2v) is 2.08. The predicted molar refractivity (Wildman–Crippen MR) is 37.0 cm³/mol. The minimum atomic E-state index is -0.339. The van der Waals surface area contributed by atoms with Crippen molar-refractivity contribution in [2.24, 2.45) is 11.7 Å². The van der Waals surface area contributed by atoms with Crippen LogP contribution in [0.3, 0.4) is 0 Å². The quantitative estimate of drug-likeness (QED) is 0.107. The van der Waals surface area contributed by atoms with E-state index in [4.69, 9.17) is 11.7 Å². The summed E-state index contributed by atoms with van der Waals surface area (Å²) in [6.07, 6.45) is 0.163. The number of carbonyl (C=O) groups is 1. The molecule has 5 nitrogen and oxygen atoms in total. The van der Waals surface area contributed by atoms with Gasteiger partial charge in [-0.15, -0.1) is 0 Å². The SMILES string of the molecule is NNC(=O)CC(S)NN. The lowest BCUT2D eigenvalue weighted by Crippen LogP contribution is -2.38. The lowest BCUT2D eigenvalue weighted by atomic mass is 10.4. The number of hydrogen-bond donors (Lipinski definition) is 5. The number of rotatable bonds is 3. The standard InChI is InChI=1S/C3H10N4OS/c4-6-2(8)1-3(9)7-5/h3,7,9H,1,4-5H2,(H,6,8). The molecule has 1 atom stereocenters. The summed E-state index contributed by atoms with van der Waals surface area (Å²) in [6, 6.07) is 0. The Morgan fingerprint density at radius 3 is 2.56 bits per heavy atom. The van der Waals surface area contributed by atoms with Crippen LogP contribution in [0.4, 0.5) is 0 Å². The monoisotopic (exact) mass is 150 g/mol. The largest absolute Gasteiger partial charge is 0.294 e. The average molecular weight is 150 g/mol. The normalized spacial score (nSPS) is 12.8. The van der Waals surface area contributed by atoms with Gasteiger partial charge in [0.05, 0.1) is 11.8 Å². The number of nitrogens with two attached hydrogens (primary N) is 2. The van der Waals surface area contributed by atoms with Crippen LogP contribution in [0.25, 0.3) is 0 Å². The van der Waals surface area contributed by atoms with E-state index in [1.807, 2.05) is 5.43 Å². The van der Waals surface area contributed by atoms with E-state index in [0.29, 0.717) is 0 Å². The van der Waals surface area contributed by atoms with Crippen molar-refractivity contribution < 1.29 is 4.79 Å². The molecule has 0 aromatic heterocycles. The van der Waals surface area contributed by atoms with E-state index < -0.39 is 0 Å². The third-order valence-corrected chi connectivity index (χ3v) is 1.06. The molecule has 0 rings (SSSR count). The Kier molecular flexibility index (Phi) is 4.41. The summed E-state index contributed by atoms with van der Waals surface area (Å²) < 4.78 is 0. The van der Waals surface area contributed by atoms with Crippen molar-refractivity contribution in [3.63, 3.8) is 0 Å². The molecule has 0 radical (unpaired) electrons. The second-order valence-electron chi connectivity index (χ2n) is 1.45. The molecule has 6 N–H and O–H groups in total. The first kappa shape index (κ1) is 8.70. The predicted octanol–water partition coefficient (Wildman–Crippen LogP) is -1.91. The summed E-state index contributed by atoms with van der Waals surface area (Å²) in [5.41, 5.74) is 4.22. The van der Waals surface area contributed by atoms with Crippen molar-refractivity contribution in [1.82, 2.24) is 10.9 Å². The Morgan fingerprint density at radius 1 is 1.67 bits per heavy atom. The van der Waals surface area contributed by atoms with Crippen molar-refractivity contribution in [3.8, 4) is 0 Å². The van der Waals surface area contributed by atoms with Gasteiger partial charge in [0.25, 0.3) is 0 Å². The molecule has 1 amide bonds. The third-order valence-electron chi connectivity index (χ3n) is 0.732. The van der Waals surface area contributed by atoms with Crippen LogP contribution in [0.2, 0.25) is 0 Å². The fourth-order valence-corrected chi connectivity index (χ4v) is 0.459. The molecule has 0 aromatic carbocycles. The highest BCUT2D eigenvalue weighted by atomic mass is 32.1. The summed E-state index contributed by atoms with van der Waals surface area (Å²) in [4.78, 5) is 10.4. The van der Waals surface area contributed by atoms with E-state index >= 15 is 0 Å². The van der Waals surface area contributed by atoms with E-state index in [1.54, 1.807) is 0 Å². The first-order chi connectivity index (χ1) is 4.20. The van der Waals surface area contributed by atoms with Crippen LogP contribution in [0.15, 0.2) is 0 Å². The highest BCUT2D eigenvalue weighted by molar-refractivity contribution is 7.80. The molecule has 0 saturated carbocycles. The van der Waals surface area contributed by atoms with Crippen LogP contribution in [0.1, 0.15) is 6.42 Å². The van der Waals surface area contributed by atoms with Crippen molar-refractivity contribution in [2.45, 2.75) is 11.8 Å². The third kappa shape index (κ3) is 4.22. The number of hydrazine groups is 2. The Labute approximate surface area is 58.5 Å². The molecule has 6 heteroatoms. The lowest BCUT2D eigenvalue weighted by Gasteiger charge is -2.05. The highest BCUT2D eigenvalue weighted by Crippen LogP contribution is 1.92. The van der Waals surface area contributed by atoms with Crippen LogP contribution in [-0.4, -0.2) is 11.3 Å². The van der Waals surface area contributed by atoms with Gasteiger partial charge in [-0.2, -0.15) is 12.6 Å². The van der Waals surface area contributed by atoms with Gasteiger partial charge in [-0.3, -0.25) is 16.1 Å². The Morgan fingerprint density at radius 2 is 2.22 bits per heavy atom. The van der Waals surface area contributed by atoms with Gasteiger partial charge in [-0.05, 0) is 0 Å². The molecule has 0 aromatic rings. The molecule has 54 valence electrons. The number of nitrogens with one attached hydrogen (secondary N) is 2. The van der Waals surface area contributed by atoms with Crippen LogP contribution in [-0.2, 0) is 4.79 Å². The smallest absolute Gasteiger partial charge is 0.236 e. The van der Waals surface area contributed by atoms with E-state index in [0.717, 1.165) is 0 Å². The van der Waals surface area contributed by atoms with Gasteiger partial charge in [-0.1, -0.05) is 0 Å². The molecular formula is C3H10N4OS. The minimum Gasteiger partial charge on any atom is -0.294 e. The lowest BCUT2D eigenvalue weighted by molar-refractivity contribution is -0.121. The number of amides is 1. The second kappa shape index (κ2) is 4.57. The van der Waals surface area contributed by atoms with Crippen molar-refractivity contribution in [1.29, 1.82) is 0 Å². The van der Waals surface area contributed by atoms with Gasteiger partial charge in [0.1, 0.15) is 0 Å². The number of carbonyl (C=O) groups excluding carboxylic acids is 1. The van der Waals surface area contributed by atoms with E-state index in [1.165, 1.54) is 0 Å². The Hall–Kier alpha value is -0.300. The first-order valence-corrected chi connectivity index (χ1v) is 2.86. The topological polar surface area (TPSA) is 93.2 Å². The molecule has 1 unspecified atom stereocenters. The van der Waals surface area contributed by atoms with Crippen LogP contribution < -0.4 is 22.5 Å². The molecule has 0 spiro atoms. The fraction of sp³-hybridized carbons (Fsp3) is 0.667. The summed E-state index contributed by atoms with van der Waals surface area (Å²) in [6.45, 7) is 0. The molecule has 0 aliphatic heterocycles. The number of thiol groups is 1. The zero-order valence-corrected chi connectivity index (χ0v) is 5.69. The van der Waals surface area contributed by atoms with E-state index in [9.17, 15) is 4.79 Å². The Bertz CT molecular complexity index is 97.8. The number of hydrogen-bond acceptors (Lipinski definition) is 5. The molecule has 0 aliphatic rings. The van der Waals surface area contributed by atoms with E-state index in [-0.39, 0.29) is 17.7 Å². The van der Waals surface area contributed by atoms with Gasteiger partial charge in [-0.25, -0.2) is 11.3 Å². The van der Waals surface area contributed by atoms with Gasteiger partial charge >= 0.3 is 0 Å². The molecule has 0 fully saturated rings. The van der Waals surface area contributed by atoms with Crippen LogP contribution in [0, 0.1) is 0 Å². The van der Waals surface area contributed by atoms with Gasteiger partial charge in [0, 0.05) is 0 Å².